The number of hydrogen-bond acceptors (Lipinski definition) is 4. The molecule has 0 radical (unpaired) electrons. The number of carbonyl (C=O) groups excluding carboxylic acids is 1. The molecular formula is C10H9N3O3S. The van der Waals surface area contributed by atoms with E-state index in [9.17, 15) is 13.2 Å². The first-order valence-corrected chi connectivity index (χ1v) is 6.31. The maximum absolute atomic E-state index is 11.7. The summed E-state index contributed by atoms with van der Waals surface area (Å²) in [4.78, 5) is 13.1. The van der Waals surface area contributed by atoms with Gasteiger partial charge in [-0.25, -0.2) is 13.6 Å². The molecule has 1 unspecified atom stereocenters. The van der Waals surface area contributed by atoms with Gasteiger partial charge in [-0.15, -0.1) is 0 Å². The Bertz CT molecular complexity index is 601. The molecule has 2 N–H and O–H groups in total. The Kier molecular flexibility index (Phi) is 2.61. The van der Waals surface area contributed by atoms with Crippen LogP contribution >= 0.6 is 0 Å². The number of nitrogens with two attached hydrogens (primary N) is 1. The van der Waals surface area contributed by atoms with E-state index in [0.29, 0.717) is 12.1 Å². The molecule has 1 heterocycles. The highest BCUT2D eigenvalue weighted by atomic mass is 32.2. The minimum atomic E-state index is -3.74. The second kappa shape index (κ2) is 3.84. The van der Waals surface area contributed by atoms with Gasteiger partial charge in [0.15, 0.2) is 0 Å². The summed E-state index contributed by atoms with van der Waals surface area (Å²) >= 11 is 0. The lowest BCUT2D eigenvalue weighted by Crippen LogP contribution is -2.15. The van der Waals surface area contributed by atoms with Crippen molar-refractivity contribution in [2.75, 3.05) is 6.54 Å². The van der Waals surface area contributed by atoms with E-state index >= 15 is 0 Å². The maximum atomic E-state index is 11.7. The van der Waals surface area contributed by atoms with Crippen molar-refractivity contribution in [3.05, 3.63) is 29.8 Å². The van der Waals surface area contributed by atoms with E-state index < -0.39 is 10.0 Å². The zero-order valence-electron chi connectivity index (χ0n) is 8.70. The highest BCUT2D eigenvalue weighted by molar-refractivity contribution is 7.89. The highest BCUT2D eigenvalue weighted by Crippen LogP contribution is 2.20. The fraction of sp³-hybridized carbons (Fsp3) is 0.200. The molecule has 1 amide bonds. The molecular weight excluding hydrogens is 242 g/mol. The summed E-state index contributed by atoms with van der Waals surface area (Å²) in [5.74, 6) is -0.280. The van der Waals surface area contributed by atoms with Crippen molar-refractivity contribution >= 4 is 15.9 Å². The Morgan fingerprint density at radius 2 is 2.00 bits per heavy atom. The van der Waals surface area contributed by atoms with Crippen molar-refractivity contribution in [1.82, 2.24) is 4.90 Å². The van der Waals surface area contributed by atoms with Gasteiger partial charge in [0.1, 0.15) is 6.04 Å². The molecule has 1 saturated heterocycles. The van der Waals surface area contributed by atoms with Crippen molar-refractivity contribution in [3.63, 3.8) is 0 Å². The molecule has 1 fully saturated rings. The third kappa shape index (κ3) is 2.27. The number of sulfonamides is 1. The van der Waals surface area contributed by atoms with Gasteiger partial charge in [-0.2, -0.15) is 5.26 Å². The molecule has 0 saturated carbocycles. The first kappa shape index (κ1) is 11.6. The average Bonchev–Trinajstić information content (AvgIpc) is 3.06. The van der Waals surface area contributed by atoms with E-state index in [0.717, 1.165) is 0 Å². The molecule has 6 nitrogen and oxygen atoms in total. The number of rotatable bonds is 2. The van der Waals surface area contributed by atoms with Crippen molar-refractivity contribution in [3.8, 4) is 6.07 Å². The van der Waals surface area contributed by atoms with Crippen LogP contribution in [-0.4, -0.2) is 31.8 Å². The van der Waals surface area contributed by atoms with Gasteiger partial charge in [-0.05, 0) is 24.3 Å². The van der Waals surface area contributed by atoms with Gasteiger partial charge < -0.3 is 4.90 Å². The number of primary sulfonamides is 1. The van der Waals surface area contributed by atoms with Crippen LogP contribution in [0.15, 0.2) is 29.2 Å². The van der Waals surface area contributed by atoms with Crippen LogP contribution in [-0.2, 0) is 10.0 Å². The lowest BCUT2D eigenvalue weighted by molar-refractivity contribution is 0.0879. The molecule has 1 aliphatic rings. The molecule has 17 heavy (non-hydrogen) atoms. The van der Waals surface area contributed by atoms with Crippen molar-refractivity contribution in [1.29, 1.82) is 5.26 Å². The van der Waals surface area contributed by atoms with E-state index in [1.807, 2.05) is 6.07 Å². The Morgan fingerprint density at radius 1 is 1.41 bits per heavy atom. The van der Waals surface area contributed by atoms with Gasteiger partial charge in [-0.1, -0.05) is 0 Å². The zero-order valence-corrected chi connectivity index (χ0v) is 9.52. The molecule has 1 atom stereocenters. The molecule has 0 aromatic heterocycles. The average molecular weight is 251 g/mol. The molecule has 88 valence electrons. The topological polar surface area (TPSA) is 104 Å². The van der Waals surface area contributed by atoms with E-state index in [4.69, 9.17) is 10.4 Å². The second-order valence-electron chi connectivity index (χ2n) is 3.67. The fourth-order valence-corrected chi connectivity index (χ4v) is 1.94. The summed E-state index contributed by atoms with van der Waals surface area (Å²) < 4.78 is 22.0. The zero-order chi connectivity index (χ0) is 12.6. The molecule has 0 bridgehead atoms. The lowest BCUT2D eigenvalue weighted by atomic mass is 10.2. The smallest absolute Gasteiger partial charge is 0.255 e. The molecule has 1 aliphatic heterocycles. The molecule has 1 aromatic rings. The first-order valence-electron chi connectivity index (χ1n) is 4.77. The monoisotopic (exact) mass is 251 g/mol. The molecule has 7 heteroatoms. The van der Waals surface area contributed by atoms with Crippen LogP contribution in [0.3, 0.4) is 0 Å². The quantitative estimate of drug-likeness (QED) is 0.727. The Morgan fingerprint density at radius 3 is 2.41 bits per heavy atom. The van der Waals surface area contributed by atoms with Crippen LogP contribution in [0.25, 0.3) is 0 Å². The van der Waals surface area contributed by atoms with Gasteiger partial charge in [0.25, 0.3) is 5.91 Å². The fourth-order valence-electron chi connectivity index (χ4n) is 1.43. The first-order chi connectivity index (χ1) is 7.93. The van der Waals surface area contributed by atoms with E-state index in [2.05, 4.69) is 0 Å². The SMILES string of the molecule is N#CC1CN1C(=O)c1ccc(S(N)(=O)=O)cc1. The summed E-state index contributed by atoms with van der Waals surface area (Å²) in [6, 6.07) is 6.91. The minimum Gasteiger partial charge on any atom is -0.318 e. The summed E-state index contributed by atoms with van der Waals surface area (Å²) in [5.41, 5.74) is 0.343. The van der Waals surface area contributed by atoms with Crippen LogP contribution in [0, 0.1) is 11.3 Å². The molecule has 2 rings (SSSR count). The third-order valence-electron chi connectivity index (χ3n) is 2.45. The molecule has 1 aromatic carbocycles. The lowest BCUT2D eigenvalue weighted by Gasteiger charge is -2.03. The van der Waals surface area contributed by atoms with Gasteiger partial charge in [-0.3, -0.25) is 4.79 Å². The van der Waals surface area contributed by atoms with Gasteiger partial charge in [0, 0.05) is 5.56 Å². The normalized spacial score (nSPS) is 18.6. The Labute approximate surface area is 98.3 Å². The van der Waals surface area contributed by atoms with E-state index in [1.54, 1.807) is 0 Å². The number of carbonyl (C=O) groups is 1. The van der Waals surface area contributed by atoms with E-state index in [-0.39, 0.29) is 16.8 Å². The second-order valence-corrected chi connectivity index (χ2v) is 5.23. The standard InChI is InChI=1S/C10H9N3O3S/c11-5-8-6-13(8)10(14)7-1-3-9(4-2-7)17(12,15)16/h1-4,8H,6H2,(H2,12,15,16). The summed E-state index contributed by atoms with van der Waals surface area (Å²) in [7, 11) is -3.74. The van der Waals surface area contributed by atoms with E-state index in [1.165, 1.54) is 29.2 Å². The van der Waals surface area contributed by atoms with Gasteiger partial charge in [0.05, 0.1) is 17.5 Å². The van der Waals surface area contributed by atoms with Gasteiger partial charge >= 0.3 is 0 Å². The maximum Gasteiger partial charge on any atom is 0.255 e. The van der Waals surface area contributed by atoms with Crippen LogP contribution < -0.4 is 5.14 Å². The summed E-state index contributed by atoms with van der Waals surface area (Å²) in [5, 5.41) is 13.5. The molecule has 0 spiro atoms. The Balaban J connectivity index is 2.20. The van der Waals surface area contributed by atoms with Crippen LogP contribution in [0.2, 0.25) is 0 Å². The van der Waals surface area contributed by atoms with Crippen LogP contribution in [0.1, 0.15) is 10.4 Å². The number of benzene rings is 1. The largest absolute Gasteiger partial charge is 0.318 e. The minimum absolute atomic E-state index is 0.0447. The summed E-state index contributed by atoms with van der Waals surface area (Å²) in [6.07, 6.45) is 0. The van der Waals surface area contributed by atoms with Crippen LogP contribution in [0.5, 0.6) is 0 Å². The number of nitrogens with zero attached hydrogens (tertiary/aromatic N) is 2. The third-order valence-corrected chi connectivity index (χ3v) is 3.38. The van der Waals surface area contributed by atoms with Crippen molar-refractivity contribution < 1.29 is 13.2 Å². The van der Waals surface area contributed by atoms with Gasteiger partial charge in [0.2, 0.25) is 10.0 Å². The predicted octanol–water partition coefficient (Wildman–Crippen LogP) is -0.318. The summed E-state index contributed by atoms with van der Waals surface area (Å²) in [6.45, 7) is 0.423. The van der Waals surface area contributed by atoms with Crippen molar-refractivity contribution in [2.45, 2.75) is 10.9 Å². The predicted molar refractivity (Wildman–Crippen MR) is 58.3 cm³/mol. The highest BCUT2D eigenvalue weighted by Gasteiger charge is 2.38. The Hall–Kier alpha value is -1.91. The molecule has 0 aliphatic carbocycles. The van der Waals surface area contributed by atoms with Crippen molar-refractivity contribution in [2.24, 2.45) is 5.14 Å². The van der Waals surface area contributed by atoms with Crippen LogP contribution in [0.4, 0.5) is 0 Å². The number of nitriles is 1. The number of amides is 1. The number of hydrogen-bond donors (Lipinski definition) is 1.